The van der Waals surface area contributed by atoms with E-state index >= 15 is 0 Å². The van der Waals surface area contributed by atoms with Crippen LogP contribution in [0.5, 0.6) is 0 Å². The Bertz CT molecular complexity index is 1150. The summed E-state index contributed by atoms with van der Waals surface area (Å²) in [5.74, 6) is 0.0371. The molecule has 0 radical (unpaired) electrons. The maximum atomic E-state index is 14.0. The number of aromatic nitrogens is 4. The summed E-state index contributed by atoms with van der Waals surface area (Å²) in [5, 5.41) is 9.18. The van der Waals surface area contributed by atoms with Crippen LogP contribution in [0.1, 0.15) is 0 Å². The van der Waals surface area contributed by atoms with Crippen LogP contribution >= 0.6 is 11.8 Å². The summed E-state index contributed by atoms with van der Waals surface area (Å²) in [7, 11) is 1.56. The maximum Gasteiger partial charge on any atom is 0.237 e. The number of amides is 1. The Labute approximate surface area is 177 Å². The lowest BCUT2D eigenvalue weighted by Crippen LogP contribution is -2.28. The van der Waals surface area contributed by atoms with Crippen molar-refractivity contribution in [2.24, 2.45) is 0 Å². The summed E-state index contributed by atoms with van der Waals surface area (Å²) in [6.45, 7) is 0. The highest BCUT2D eigenvalue weighted by molar-refractivity contribution is 7.99. The number of hydrogen-bond acceptors (Lipinski definition) is 5. The van der Waals surface area contributed by atoms with Gasteiger partial charge in [0.15, 0.2) is 11.0 Å². The number of hydrogen-bond donors (Lipinski definition) is 0. The smallest absolute Gasteiger partial charge is 0.237 e. The number of carbonyl (C=O) groups is 1. The van der Waals surface area contributed by atoms with Gasteiger partial charge in [0.25, 0.3) is 0 Å². The van der Waals surface area contributed by atoms with Crippen molar-refractivity contribution < 1.29 is 9.18 Å². The summed E-state index contributed by atoms with van der Waals surface area (Å²) in [5.41, 5.74) is 1.93. The molecule has 0 aliphatic heterocycles. The van der Waals surface area contributed by atoms with E-state index in [0.717, 1.165) is 11.3 Å². The lowest BCUT2D eigenvalue weighted by Gasteiger charge is -2.17. The van der Waals surface area contributed by atoms with E-state index in [9.17, 15) is 9.18 Å². The molecule has 2 aromatic carbocycles. The molecule has 1 amide bonds. The van der Waals surface area contributed by atoms with Gasteiger partial charge >= 0.3 is 0 Å². The van der Waals surface area contributed by atoms with Crippen molar-refractivity contribution in [3.05, 3.63) is 84.9 Å². The fraction of sp³-hybridized carbons (Fsp3) is 0.0909. The minimum absolute atomic E-state index is 0.0862. The molecule has 4 aromatic rings. The van der Waals surface area contributed by atoms with Crippen LogP contribution in [-0.2, 0) is 4.79 Å². The highest BCUT2D eigenvalue weighted by Gasteiger charge is 2.19. The Morgan fingerprint density at radius 3 is 2.53 bits per heavy atom. The molecule has 4 rings (SSSR count). The van der Waals surface area contributed by atoms with E-state index in [1.165, 1.54) is 22.7 Å². The zero-order valence-electron chi connectivity index (χ0n) is 16.1. The van der Waals surface area contributed by atoms with E-state index < -0.39 is 5.82 Å². The van der Waals surface area contributed by atoms with Crippen LogP contribution in [0.25, 0.3) is 17.1 Å². The standard InChI is InChI=1S/C22H18FN5OS/c1-27(19-12-6-5-11-18(19)23)20(29)15-30-22-26-25-21(16-8-7-13-24-14-16)28(22)17-9-3-2-4-10-17/h2-14H,15H2,1H3. The molecule has 0 unspecified atom stereocenters. The average molecular weight is 419 g/mol. The Hall–Kier alpha value is -3.52. The number of nitrogens with zero attached hydrogens (tertiary/aromatic N) is 5. The van der Waals surface area contributed by atoms with Crippen LogP contribution in [-0.4, -0.2) is 38.5 Å². The van der Waals surface area contributed by atoms with E-state index in [1.807, 2.05) is 47.0 Å². The number of anilines is 1. The van der Waals surface area contributed by atoms with E-state index in [-0.39, 0.29) is 17.3 Å². The van der Waals surface area contributed by atoms with Crippen LogP contribution < -0.4 is 4.90 Å². The Kier molecular flexibility index (Phi) is 5.85. The molecular formula is C22H18FN5OS. The summed E-state index contributed by atoms with van der Waals surface area (Å²) in [6.07, 6.45) is 3.41. The molecule has 30 heavy (non-hydrogen) atoms. The molecule has 2 heterocycles. The first-order chi connectivity index (χ1) is 14.6. The van der Waals surface area contributed by atoms with Crippen molar-refractivity contribution in [2.75, 3.05) is 17.7 Å². The van der Waals surface area contributed by atoms with Gasteiger partial charge in [0.1, 0.15) is 5.82 Å². The fourth-order valence-corrected chi connectivity index (χ4v) is 3.80. The predicted octanol–water partition coefficient (Wildman–Crippen LogP) is 4.22. The zero-order chi connectivity index (χ0) is 20.9. The minimum atomic E-state index is -0.440. The first-order valence-corrected chi connectivity index (χ1v) is 10.2. The number of carbonyl (C=O) groups excluding carboxylic acids is 1. The normalized spacial score (nSPS) is 10.7. The molecule has 2 aromatic heterocycles. The van der Waals surface area contributed by atoms with E-state index in [1.54, 1.807) is 37.6 Å². The van der Waals surface area contributed by atoms with Crippen LogP contribution in [0.2, 0.25) is 0 Å². The van der Waals surface area contributed by atoms with Gasteiger partial charge in [-0.3, -0.25) is 14.3 Å². The summed E-state index contributed by atoms with van der Waals surface area (Å²) < 4.78 is 15.9. The van der Waals surface area contributed by atoms with Gasteiger partial charge in [-0.05, 0) is 36.4 Å². The molecule has 0 bridgehead atoms. The average Bonchev–Trinajstić information content (AvgIpc) is 3.22. The van der Waals surface area contributed by atoms with Crippen molar-refractivity contribution in [1.82, 2.24) is 19.7 Å². The van der Waals surface area contributed by atoms with Crippen molar-refractivity contribution in [1.29, 1.82) is 0 Å². The van der Waals surface area contributed by atoms with E-state index in [4.69, 9.17) is 0 Å². The molecule has 0 aliphatic carbocycles. The van der Waals surface area contributed by atoms with Gasteiger partial charge in [-0.2, -0.15) is 0 Å². The van der Waals surface area contributed by atoms with E-state index in [0.29, 0.717) is 11.0 Å². The molecule has 0 saturated carbocycles. The topological polar surface area (TPSA) is 63.9 Å². The highest BCUT2D eigenvalue weighted by atomic mass is 32.2. The molecule has 0 saturated heterocycles. The van der Waals surface area contributed by atoms with Crippen molar-refractivity contribution >= 4 is 23.4 Å². The third kappa shape index (κ3) is 4.08. The van der Waals surface area contributed by atoms with Crippen LogP contribution in [0, 0.1) is 5.82 Å². The third-order valence-corrected chi connectivity index (χ3v) is 5.39. The van der Waals surface area contributed by atoms with Gasteiger partial charge in [0.2, 0.25) is 5.91 Å². The Morgan fingerprint density at radius 1 is 1.03 bits per heavy atom. The first-order valence-electron chi connectivity index (χ1n) is 9.20. The SMILES string of the molecule is CN(C(=O)CSc1nnc(-c2cccnc2)n1-c1ccccc1)c1ccccc1F. The fourth-order valence-electron chi connectivity index (χ4n) is 2.94. The number of pyridine rings is 1. The second-order valence-electron chi connectivity index (χ2n) is 6.41. The monoisotopic (exact) mass is 419 g/mol. The third-order valence-electron chi connectivity index (χ3n) is 4.48. The highest BCUT2D eigenvalue weighted by Crippen LogP contribution is 2.28. The van der Waals surface area contributed by atoms with Crippen molar-refractivity contribution in [3.63, 3.8) is 0 Å². The molecular weight excluding hydrogens is 401 g/mol. The van der Waals surface area contributed by atoms with Gasteiger partial charge in [-0.1, -0.05) is 42.1 Å². The second kappa shape index (κ2) is 8.87. The maximum absolute atomic E-state index is 14.0. The second-order valence-corrected chi connectivity index (χ2v) is 7.35. The molecule has 8 heteroatoms. The number of thioether (sulfide) groups is 1. The van der Waals surface area contributed by atoms with Crippen molar-refractivity contribution in [3.8, 4) is 17.1 Å². The number of halogens is 1. The molecule has 150 valence electrons. The minimum Gasteiger partial charge on any atom is -0.312 e. The van der Waals surface area contributed by atoms with Gasteiger partial charge in [-0.25, -0.2) is 4.39 Å². The summed E-state index contributed by atoms with van der Waals surface area (Å²) in [6, 6.07) is 19.6. The first kappa shape index (κ1) is 19.8. The molecule has 0 fully saturated rings. The van der Waals surface area contributed by atoms with E-state index in [2.05, 4.69) is 15.2 Å². The van der Waals surface area contributed by atoms with Crippen LogP contribution in [0.4, 0.5) is 10.1 Å². The lowest BCUT2D eigenvalue weighted by atomic mass is 10.2. The molecule has 0 N–H and O–H groups in total. The van der Waals surface area contributed by atoms with Gasteiger partial charge < -0.3 is 4.90 Å². The quantitative estimate of drug-likeness (QED) is 0.438. The zero-order valence-corrected chi connectivity index (χ0v) is 17.0. The number of rotatable bonds is 6. The lowest BCUT2D eigenvalue weighted by molar-refractivity contribution is -0.115. The van der Waals surface area contributed by atoms with Crippen LogP contribution in [0.15, 0.2) is 84.3 Å². The van der Waals surface area contributed by atoms with Gasteiger partial charge in [0, 0.05) is 30.7 Å². The van der Waals surface area contributed by atoms with Crippen molar-refractivity contribution in [2.45, 2.75) is 5.16 Å². The predicted molar refractivity (Wildman–Crippen MR) is 115 cm³/mol. The van der Waals surface area contributed by atoms with Gasteiger partial charge in [-0.15, -0.1) is 10.2 Å². The van der Waals surface area contributed by atoms with Crippen LogP contribution in [0.3, 0.4) is 0 Å². The molecule has 0 atom stereocenters. The largest absolute Gasteiger partial charge is 0.312 e. The van der Waals surface area contributed by atoms with Gasteiger partial charge in [0.05, 0.1) is 11.4 Å². The Morgan fingerprint density at radius 2 is 1.80 bits per heavy atom. The summed E-state index contributed by atoms with van der Waals surface area (Å²) in [4.78, 5) is 18.1. The summed E-state index contributed by atoms with van der Waals surface area (Å²) >= 11 is 1.25. The molecule has 0 aliphatic rings. The molecule has 0 spiro atoms. The number of benzene rings is 2. The molecule has 6 nitrogen and oxygen atoms in total. The number of para-hydroxylation sites is 2. The Balaban J connectivity index is 1.61.